The van der Waals surface area contributed by atoms with Crippen molar-refractivity contribution in [3.63, 3.8) is 0 Å². The van der Waals surface area contributed by atoms with Crippen LogP contribution in [0.5, 0.6) is 5.75 Å². The van der Waals surface area contributed by atoms with E-state index in [1.807, 2.05) is 31.2 Å². The first-order valence-corrected chi connectivity index (χ1v) is 11.5. The van der Waals surface area contributed by atoms with Gasteiger partial charge < -0.3 is 9.15 Å². The van der Waals surface area contributed by atoms with Gasteiger partial charge in [0.15, 0.2) is 10.6 Å². The number of thiazole rings is 1. The van der Waals surface area contributed by atoms with Crippen molar-refractivity contribution in [1.82, 2.24) is 4.98 Å². The molecule has 31 heavy (non-hydrogen) atoms. The van der Waals surface area contributed by atoms with E-state index in [2.05, 4.69) is 20.9 Å². The highest BCUT2D eigenvalue weighted by Crippen LogP contribution is 2.42. The van der Waals surface area contributed by atoms with E-state index in [-0.39, 0.29) is 17.1 Å². The maximum atomic E-state index is 13.5. The normalized spacial score (nSPS) is 15.5. The fourth-order valence-corrected chi connectivity index (χ4v) is 4.79. The molecule has 2 aromatic carbocycles. The van der Waals surface area contributed by atoms with Crippen LogP contribution in [0.15, 0.2) is 67.7 Å². The highest BCUT2D eigenvalue weighted by atomic mass is 79.9. The minimum Gasteiger partial charge on any atom is -0.494 e. The fourth-order valence-electron chi connectivity index (χ4n) is 3.76. The van der Waals surface area contributed by atoms with Gasteiger partial charge in [0.25, 0.3) is 5.91 Å². The topological polar surface area (TPSA) is 72.6 Å². The second-order valence-corrected chi connectivity index (χ2v) is 8.91. The van der Waals surface area contributed by atoms with Gasteiger partial charge in [-0.05, 0) is 42.3 Å². The van der Waals surface area contributed by atoms with Crippen LogP contribution in [-0.4, -0.2) is 17.5 Å². The van der Waals surface area contributed by atoms with E-state index >= 15 is 0 Å². The molecule has 0 radical (unpaired) electrons. The summed E-state index contributed by atoms with van der Waals surface area (Å²) in [5, 5.41) is 2.74. The van der Waals surface area contributed by atoms with E-state index in [1.54, 1.807) is 29.8 Å². The van der Waals surface area contributed by atoms with Crippen molar-refractivity contribution in [2.45, 2.75) is 19.4 Å². The molecule has 0 spiro atoms. The summed E-state index contributed by atoms with van der Waals surface area (Å²) in [6.07, 6.45) is 2.55. The van der Waals surface area contributed by atoms with Gasteiger partial charge in [-0.25, -0.2) is 4.98 Å². The third kappa shape index (κ3) is 3.36. The largest absolute Gasteiger partial charge is 0.494 e. The second-order valence-electron chi connectivity index (χ2n) is 7.12. The van der Waals surface area contributed by atoms with Crippen LogP contribution in [0.1, 0.15) is 41.1 Å². The molecule has 4 aromatic rings. The number of hydrogen-bond acceptors (Lipinski definition) is 6. The fraction of sp³-hybridized carbons (Fsp3) is 0.174. The summed E-state index contributed by atoms with van der Waals surface area (Å²) in [6.45, 7) is 2.67. The summed E-state index contributed by atoms with van der Waals surface area (Å²) in [7, 11) is 0. The van der Waals surface area contributed by atoms with Gasteiger partial charge in [-0.1, -0.05) is 35.0 Å². The standard InChI is InChI=1S/C23H17BrN2O4S/c1-2-10-29-15-6-3-13(4-7-15)19-18-20(27)16-12-14(24)5-8-17(16)30-21(18)22(28)26(19)23-25-9-11-31-23/h3-9,11-12,19H,2,10H2,1H3/t19-/m1/s1. The number of ether oxygens (including phenoxy) is 1. The van der Waals surface area contributed by atoms with Crippen LogP contribution in [-0.2, 0) is 0 Å². The minimum atomic E-state index is -0.631. The number of aromatic nitrogens is 1. The molecule has 3 heterocycles. The molecule has 0 saturated carbocycles. The molecule has 0 aliphatic carbocycles. The van der Waals surface area contributed by atoms with Crippen molar-refractivity contribution in [2.75, 3.05) is 11.5 Å². The maximum Gasteiger partial charge on any atom is 0.297 e. The monoisotopic (exact) mass is 496 g/mol. The van der Waals surface area contributed by atoms with Crippen LogP contribution in [0, 0.1) is 0 Å². The lowest BCUT2D eigenvalue weighted by Gasteiger charge is -2.22. The van der Waals surface area contributed by atoms with Gasteiger partial charge in [0.1, 0.15) is 11.3 Å². The molecule has 1 amide bonds. The molecule has 156 valence electrons. The molecular weight excluding hydrogens is 480 g/mol. The van der Waals surface area contributed by atoms with Gasteiger partial charge in [0.05, 0.1) is 23.6 Å². The Bertz CT molecular complexity index is 1330. The van der Waals surface area contributed by atoms with Crippen LogP contribution in [0.3, 0.4) is 0 Å². The number of benzene rings is 2. The Hall–Kier alpha value is -2.97. The van der Waals surface area contributed by atoms with E-state index in [0.29, 0.717) is 28.3 Å². The summed E-state index contributed by atoms with van der Waals surface area (Å²) >= 11 is 4.75. The summed E-state index contributed by atoms with van der Waals surface area (Å²) in [6, 6.07) is 12.0. The molecule has 0 N–H and O–H groups in total. The lowest BCUT2D eigenvalue weighted by Crippen LogP contribution is -2.29. The van der Waals surface area contributed by atoms with E-state index < -0.39 is 6.04 Å². The number of carbonyl (C=O) groups excluding carboxylic acids is 1. The van der Waals surface area contributed by atoms with Gasteiger partial charge >= 0.3 is 0 Å². The first-order chi connectivity index (χ1) is 15.1. The van der Waals surface area contributed by atoms with Crippen LogP contribution in [0.2, 0.25) is 0 Å². The van der Waals surface area contributed by atoms with Gasteiger partial charge in [-0.3, -0.25) is 14.5 Å². The quantitative estimate of drug-likeness (QED) is 0.362. The molecule has 0 bridgehead atoms. The van der Waals surface area contributed by atoms with E-state index in [9.17, 15) is 9.59 Å². The highest BCUT2D eigenvalue weighted by molar-refractivity contribution is 9.10. The zero-order valence-electron chi connectivity index (χ0n) is 16.5. The zero-order chi connectivity index (χ0) is 21.5. The summed E-state index contributed by atoms with van der Waals surface area (Å²) in [4.78, 5) is 32.8. The molecule has 1 aliphatic rings. The molecule has 0 fully saturated rings. The van der Waals surface area contributed by atoms with Gasteiger partial charge in [0.2, 0.25) is 5.76 Å². The summed E-state index contributed by atoms with van der Waals surface area (Å²) in [5.41, 5.74) is 1.27. The Balaban J connectivity index is 1.71. The molecule has 1 atom stereocenters. The Kier molecular flexibility index (Phi) is 5.11. The third-order valence-corrected chi connectivity index (χ3v) is 6.39. The number of anilines is 1. The van der Waals surface area contributed by atoms with E-state index in [0.717, 1.165) is 22.2 Å². The lowest BCUT2D eigenvalue weighted by molar-refractivity contribution is 0.0971. The summed E-state index contributed by atoms with van der Waals surface area (Å²) < 4.78 is 12.4. The van der Waals surface area contributed by atoms with Crippen molar-refractivity contribution in [3.8, 4) is 5.75 Å². The molecule has 0 unspecified atom stereocenters. The predicted molar refractivity (Wildman–Crippen MR) is 123 cm³/mol. The third-order valence-electron chi connectivity index (χ3n) is 5.13. The Morgan fingerprint density at radius 2 is 2.00 bits per heavy atom. The van der Waals surface area contributed by atoms with Crippen molar-refractivity contribution in [3.05, 3.63) is 85.6 Å². The average molecular weight is 497 g/mol. The molecule has 0 saturated heterocycles. The van der Waals surface area contributed by atoms with Crippen LogP contribution in [0.4, 0.5) is 5.13 Å². The molecule has 2 aromatic heterocycles. The smallest absolute Gasteiger partial charge is 0.297 e. The number of rotatable bonds is 5. The molecule has 8 heteroatoms. The Labute approximate surface area is 190 Å². The van der Waals surface area contributed by atoms with E-state index in [4.69, 9.17) is 9.15 Å². The van der Waals surface area contributed by atoms with Crippen LogP contribution in [0.25, 0.3) is 11.0 Å². The van der Waals surface area contributed by atoms with Gasteiger partial charge in [0, 0.05) is 16.0 Å². The lowest BCUT2D eigenvalue weighted by atomic mass is 9.98. The van der Waals surface area contributed by atoms with Crippen molar-refractivity contribution in [1.29, 1.82) is 0 Å². The number of nitrogens with zero attached hydrogens (tertiary/aromatic N) is 2. The Morgan fingerprint density at radius 1 is 1.19 bits per heavy atom. The first-order valence-electron chi connectivity index (χ1n) is 9.80. The number of amides is 1. The van der Waals surface area contributed by atoms with Gasteiger partial charge in [-0.2, -0.15) is 0 Å². The number of halogens is 1. The van der Waals surface area contributed by atoms with Crippen LogP contribution >= 0.6 is 27.3 Å². The molecule has 1 aliphatic heterocycles. The van der Waals surface area contributed by atoms with Gasteiger partial charge in [-0.15, -0.1) is 11.3 Å². The highest BCUT2D eigenvalue weighted by Gasteiger charge is 2.44. The Morgan fingerprint density at radius 3 is 2.71 bits per heavy atom. The summed E-state index contributed by atoms with van der Waals surface area (Å²) in [5.74, 6) is 0.430. The molecular formula is C23H17BrN2O4S. The number of hydrogen-bond donors (Lipinski definition) is 0. The van der Waals surface area contributed by atoms with Crippen LogP contribution < -0.4 is 15.1 Å². The first kappa shape index (κ1) is 20.0. The zero-order valence-corrected chi connectivity index (χ0v) is 18.9. The minimum absolute atomic E-state index is 0.0614. The molecule has 6 nitrogen and oxygen atoms in total. The van der Waals surface area contributed by atoms with Crippen molar-refractivity contribution >= 4 is 49.3 Å². The maximum absolute atomic E-state index is 13.5. The molecule has 5 rings (SSSR count). The SMILES string of the molecule is CCCOc1ccc([C@@H]2c3c(oc4ccc(Br)cc4c3=O)C(=O)N2c2nccs2)cc1. The predicted octanol–water partition coefficient (Wildman–Crippen LogP) is 5.55. The number of fused-ring (bicyclic) bond motifs is 2. The second kappa shape index (κ2) is 7.94. The van der Waals surface area contributed by atoms with Crippen molar-refractivity contribution in [2.24, 2.45) is 0 Å². The number of carbonyl (C=O) groups is 1. The van der Waals surface area contributed by atoms with Crippen molar-refractivity contribution < 1.29 is 13.9 Å². The average Bonchev–Trinajstić information content (AvgIpc) is 3.40. The van der Waals surface area contributed by atoms with E-state index in [1.165, 1.54) is 16.2 Å².